The maximum atomic E-state index is 13.4. The second kappa shape index (κ2) is 5.72. The van der Waals surface area contributed by atoms with Gasteiger partial charge in [-0.2, -0.15) is 5.26 Å². The van der Waals surface area contributed by atoms with Gasteiger partial charge in [-0.15, -0.1) is 0 Å². The minimum absolute atomic E-state index is 0.0733. The molecule has 0 fully saturated rings. The Balaban J connectivity index is 2.43. The molecule has 2 aromatic rings. The lowest BCUT2D eigenvalue weighted by Gasteiger charge is -2.09. The number of Topliss-reactive ketones (excluding diaryl/α,β-unsaturated/α-hetero) is 1. The predicted octanol–water partition coefficient (Wildman–Crippen LogP) is 3.47. The fourth-order valence-electron chi connectivity index (χ4n) is 1.68. The van der Waals surface area contributed by atoms with Crippen molar-refractivity contribution < 1.29 is 9.18 Å². The van der Waals surface area contributed by atoms with Crippen molar-refractivity contribution in [2.75, 3.05) is 0 Å². The summed E-state index contributed by atoms with van der Waals surface area (Å²) < 4.78 is 13.5. The summed E-state index contributed by atoms with van der Waals surface area (Å²) in [5.41, 5.74) is 0.640. The van der Waals surface area contributed by atoms with Gasteiger partial charge in [-0.1, -0.05) is 12.1 Å². The third-order valence-corrected chi connectivity index (χ3v) is 3.43. The van der Waals surface area contributed by atoms with Gasteiger partial charge in [0, 0.05) is 18.0 Å². The van der Waals surface area contributed by atoms with Crippen LogP contribution in [0.15, 0.2) is 47.2 Å². The molecule has 3 nitrogen and oxygen atoms in total. The zero-order valence-corrected chi connectivity index (χ0v) is 11.3. The zero-order chi connectivity index (χ0) is 13.8. The first-order chi connectivity index (χ1) is 9.15. The molecule has 0 spiro atoms. The van der Waals surface area contributed by atoms with Crippen LogP contribution >= 0.6 is 15.9 Å². The minimum Gasteiger partial charge on any atom is -0.292 e. The molecule has 0 saturated carbocycles. The summed E-state index contributed by atoms with van der Waals surface area (Å²) in [6.07, 6.45) is 3.01. The van der Waals surface area contributed by atoms with Gasteiger partial charge in [0.15, 0.2) is 5.78 Å². The number of ketones is 1. The summed E-state index contributed by atoms with van der Waals surface area (Å²) in [6.45, 7) is 0. The van der Waals surface area contributed by atoms with Gasteiger partial charge in [0.05, 0.1) is 10.5 Å². The van der Waals surface area contributed by atoms with Gasteiger partial charge in [-0.25, -0.2) is 4.39 Å². The highest BCUT2D eigenvalue weighted by Crippen LogP contribution is 2.26. The first-order valence-electron chi connectivity index (χ1n) is 5.43. The van der Waals surface area contributed by atoms with Crippen LogP contribution in [0.25, 0.3) is 0 Å². The Labute approximate surface area is 117 Å². The SMILES string of the molecule is N#CC(C(=O)c1cccc(F)c1Br)c1cccnc1. The van der Waals surface area contributed by atoms with Crippen LogP contribution in [0.3, 0.4) is 0 Å². The number of pyridine rings is 1. The topological polar surface area (TPSA) is 53.8 Å². The molecule has 0 saturated heterocycles. The highest BCUT2D eigenvalue weighted by Gasteiger charge is 2.24. The number of benzene rings is 1. The second-order valence-electron chi connectivity index (χ2n) is 3.81. The van der Waals surface area contributed by atoms with Crippen LogP contribution in [0, 0.1) is 17.1 Å². The van der Waals surface area contributed by atoms with Crippen molar-refractivity contribution in [3.05, 3.63) is 64.1 Å². The zero-order valence-electron chi connectivity index (χ0n) is 9.68. The van der Waals surface area contributed by atoms with Gasteiger partial charge >= 0.3 is 0 Å². The minimum atomic E-state index is -0.994. The molecule has 0 N–H and O–H groups in total. The molecule has 2 rings (SSSR count). The molecule has 0 aliphatic rings. The van der Waals surface area contributed by atoms with E-state index in [0.29, 0.717) is 5.56 Å². The molecule has 94 valence electrons. The number of halogens is 2. The lowest BCUT2D eigenvalue weighted by molar-refractivity contribution is 0.0977. The van der Waals surface area contributed by atoms with Crippen LogP contribution in [-0.4, -0.2) is 10.8 Å². The Bertz CT molecular complexity index is 652. The third kappa shape index (κ3) is 2.69. The molecule has 19 heavy (non-hydrogen) atoms. The van der Waals surface area contributed by atoms with Crippen molar-refractivity contribution in [3.8, 4) is 6.07 Å². The predicted molar refractivity (Wildman–Crippen MR) is 71.0 cm³/mol. The lowest BCUT2D eigenvalue weighted by Crippen LogP contribution is -2.12. The van der Waals surface area contributed by atoms with E-state index in [1.54, 1.807) is 18.3 Å². The molecule has 1 aromatic carbocycles. The molecule has 0 amide bonds. The van der Waals surface area contributed by atoms with Crippen molar-refractivity contribution in [2.45, 2.75) is 5.92 Å². The summed E-state index contributed by atoms with van der Waals surface area (Å²) in [5.74, 6) is -1.98. The molecule has 0 aliphatic heterocycles. The Morgan fingerprint density at radius 2 is 2.16 bits per heavy atom. The van der Waals surface area contributed by atoms with Crippen LogP contribution in [0.2, 0.25) is 0 Å². The van der Waals surface area contributed by atoms with Gasteiger partial charge in [0.2, 0.25) is 0 Å². The van der Waals surface area contributed by atoms with Crippen LogP contribution in [-0.2, 0) is 0 Å². The molecule has 0 radical (unpaired) electrons. The smallest absolute Gasteiger partial charge is 0.185 e. The van der Waals surface area contributed by atoms with E-state index in [-0.39, 0.29) is 10.0 Å². The summed E-state index contributed by atoms with van der Waals surface area (Å²) in [4.78, 5) is 16.2. The van der Waals surface area contributed by atoms with E-state index in [0.717, 1.165) is 0 Å². The number of hydrogen-bond donors (Lipinski definition) is 0. The Morgan fingerprint density at radius 3 is 2.79 bits per heavy atom. The fourth-order valence-corrected chi connectivity index (χ4v) is 2.14. The molecule has 0 aliphatic carbocycles. The van der Waals surface area contributed by atoms with Gasteiger partial charge < -0.3 is 0 Å². The summed E-state index contributed by atoms with van der Waals surface area (Å²) in [6, 6.07) is 9.38. The van der Waals surface area contributed by atoms with E-state index < -0.39 is 17.5 Å². The van der Waals surface area contributed by atoms with Gasteiger partial charge in [0.25, 0.3) is 0 Å². The summed E-state index contributed by atoms with van der Waals surface area (Å²) in [5, 5.41) is 9.16. The monoisotopic (exact) mass is 318 g/mol. The van der Waals surface area contributed by atoms with E-state index in [4.69, 9.17) is 5.26 Å². The number of carbonyl (C=O) groups is 1. The normalized spacial score (nSPS) is 11.6. The average molecular weight is 319 g/mol. The van der Waals surface area contributed by atoms with Crippen LogP contribution in [0.1, 0.15) is 21.8 Å². The third-order valence-electron chi connectivity index (χ3n) is 2.63. The second-order valence-corrected chi connectivity index (χ2v) is 4.61. The first kappa shape index (κ1) is 13.4. The molecule has 5 heteroatoms. The van der Waals surface area contributed by atoms with E-state index in [2.05, 4.69) is 20.9 Å². The van der Waals surface area contributed by atoms with Crippen molar-refractivity contribution in [1.29, 1.82) is 5.26 Å². The number of aromatic nitrogens is 1. The largest absolute Gasteiger partial charge is 0.292 e. The number of rotatable bonds is 3. The number of nitrogens with zero attached hydrogens (tertiary/aromatic N) is 2. The molecule has 1 atom stereocenters. The van der Waals surface area contributed by atoms with Crippen LogP contribution in [0.5, 0.6) is 0 Å². The Morgan fingerprint density at radius 1 is 1.37 bits per heavy atom. The van der Waals surface area contributed by atoms with Crippen molar-refractivity contribution in [1.82, 2.24) is 4.98 Å². The maximum absolute atomic E-state index is 13.4. The Kier molecular flexibility index (Phi) is 4.03. The molecular weight excluding hydrogens is 311 g/mol. The number of nitriles is 1. The molecular formula is C14H8BrFN2O. The van der Waals surface area contributed by atoms with E-state index in [1.807, 2.05) is 6.07 Å². The van der Waals surface area contributed by atoms with Crippen LogP contribution in [0.4, 0.5) is 4.39 Å². The first-order valence-corrected chi connectivity index (χ1v) is 6.22. The van der Waals surface area contributed by atoms with Crippen molar-refractivity contribution in [2.24, 2.45) is 0 Å². The van der Waals surface area contributed by atoms with Crippen LogP contribution < -0.4 is 0 Å². The van der Waals surface area contributed by atoms with E-state index in [9.17, 15) is 9.18 Å². The molecule has 1 unspecified atom stereocenters. The lowest BCUT2D eigenvalue weighted by atomic mass is 9.93. The van der Waals surface area contributed by atoms with E-state index >= 15 is 0 Å². The molecule has 0 bridgehead atoms. The van der Waals surface area contributed by atoms with Crippen molar-refractivity contribution in [3.63, 3.8) is 0 Å². The van der Waals surface area contributed by atoms with Gasteiger partial charge in [-0.3, -0.25) is 9.78 Å². The molecule has 1 heterocycles. The van der Waals surface area contributed by atoms with Crippen molar-refractivity contribution >= 4 is 21.7 Å². The standard InChI is InChI=1S/C14H8BrFN2O/c15-13-10(4-1-5-12(13)16)14(19)11(7-17)9-3-2-6-18-8-9/h1-6,8,11H. The Hall–Kier alpha value is -2.06. The number of hydrogen-bond acceptors (Lipinski definition) is 3. The van der Waals surface area contributed by atoms with Gasteiger partial charge in [0.1, 0.15) is 11.7 Å². The number of carbonyl (C=O) groups excluding carboxylic acids is 1. The van der Waals surface area contributed by atoms with E-state index in [1.165, 1.54) is 24.4 Å². The highest BCUT2D eigenvalue weighted by atomic mass is 79.9. The van der Waals surface area contributed by atoms with Gasteiger partial charge in [-0.05, 0) is 39.7 Å². The fraction of sp³-hybridized carbons (Fsp3) is 0.0714. The summed E-state index contributed by atoms with van der Waals surface area (Å²) >= 11 is 3.03. The molecule has 1 aromatic heterocycles. The maximum Gasteiger partial charge on any atom is 0.185 e. The average Bonchev–Trinajstić information content (AvgIpc) is 2.44. The quantitative estimate of drug-likeness (QED) is 0.814. The summed E-state index contributed by atoms with van der Waals surface area (Å²) in [7, 11) is 0. The highest BCUT2D eigenvalue weighted by molar-refractivity contribution is 9.10.